The van der Waals surface area contributed by atoms with E-state index in [0.29, 0.717) is 17.3 Å². The molecule has 0 aliphatic heterocycles. The van der Waals surface area contributed by atoms with Crippen LogP contribution in [-0.2, 0) is 6.61 Å². The molecule has 1 heterocycles. The van der Waals surface area contributed by atoms with Gasteiger partial charge in [-0.2, -0.15) is 0 Å². The molecular weight excluding hydrogens is 224 g/mol. The fourth-order valence-corrected chi connectivity index (χ4v) is 1.58. The van der Waals surface area contributed by atoms with Crippen LogP contribution in [0.1, 0.15) is 19.0 Å². The van der Waals surface area contributed by atoms with Crippen molar-refractivity contribution in [2.24, 2.45) is 0 Å². The number of aliphatic hydroxyl groups excluding tert-OH is 1. The highest BCUT2D eigenvalue weighted by molar-refractivity contribution is 6.31. The van der Waals surface area contributed by atoms with E-state index >= 15 is 0 Å². The monoisotopic (exact) mass is 238 g/mol. The van der Waals surface area contributed by atoms with E-state index in [0.717, 1.165) is 18.8 Å². The van der Waals surface area contributed by atoms with Gasteiger partial charge in [-0.3, -0.25) is 0 Å². The summed E-state index contributed by atoms with van der Waals surface area (Å²) in [7, 11) is 0. The minimum absolute atomic E-state index is 0.164. The fourth-order valence-electron chi connectivity index (χ4n) is 1.41. The zero-order valence-corrected chi connectivity index (χ0v) is 10.0. The van der Waals surface area contributed by atoms with Gasteiger partial charge in [-0.25, -0.2) is 4.98 Å². The topological polar surface area (TPSA) is 36.4 Å². The minimum atomic E-state index is -0.164. The molecule has 3 nitrogen and oxygen atoms in total. The molecule has 86 valence electrons. The number of aliphatic hydroxyl groups is 1. The van der Waals surface area contributed by atoms with E-state index in [4.69, 9.17) is 23.1 Å². The number of aromatic nitrogens is 1. The summed E-state index contributed by atoms with van der Waals surface area (Å²) in [6.45, 7) is 3.26. The van der Waals surface area contributed by atoms with Gasteiger partial charge >= 0.3 is 0 Å². The largest absolute Gasteiger partial charge is 0.390 e. The van der Waals surface area contributed by atoms with E-state index < -0.39 is 0 Å². The number of pyridine rings is 1. The zero-order valence-electron chi connectivity index (χ0n) is 9.28. The highest BCUT2D eigenvalue weighted by atomic mass is 35.5. The molecule has 0 radical (unpaired) electrons. The van der Waals surface area contributed by atoms with Crippen molar-refractivity contribution < 1.29 is 5.11 Å². The lowest BCUT2D eigenvalue weighted by molar-refractivity contribution is 0.277. The van der Waals surface area contributed by atoms with Gasteiger partial charge in [-0.1, -0.05) is 24.4 Å². The summed E-state index contributed by atoms with van der Waals surface area (Å²) in [4.78, 5) is 6.26. The molecule has 0 saturated heterocycles. The first-order valence-corrected chi connectivity index (χ1v) is 5.55. The SMILES string of the molecule is C#CCN(CCC)c1ccc(Cl)c(CO)n1. The molecule has 0 aromatic carbocycles. The van der Waals surface area contributed by atoms with E-state index in [1.807, 2.05) is 11.0 Å². The molecule has 1 N–H and O–H groups in total. The Morgan fingerprint density at radius 1 is 1.56 bits per heavy atom. The van der Waals surface area contributed by atoms with Gasteiger partial charge in [0.05, 0.1) is 23.9 Å². The van der Waals surface area contributed by atoms with E-state index in [1.54, 1.807) is 6.07 Å². The molecule has 16 heavy (non-hydrogen) atoms. The number of terminal acetylenes is 1. The number of nitrogens with zero attached hydrogens (tertiary/aromatic N) is 2. The van der Waals surface area contributed by atoms with Gasteiger partial charge in [0.25, 0.3) is 0 Å². The maximum atomic E-state index is 9.08. The lowest BCUT2D eigenvalue weighted by Gasteiger charge is -2.21. The van der Waals surface area contributed by atoms with E-state index in [2.05, 4.69) is 17.8 Å². The third kappa shape index (κ3) is 3.13. The molecule has 0 aliphatic rings. The number of anilines is 1. The molecule has 1 aromatic rings. The van der Waals surface area contributed by atoms with Crippen LogP contribution < -0.4 is 4.90 Å². The molecule has 0 saturated carbocycles. The smallest absolute Gasteiger partial charge is 0.129 e. The van der Waals surface area contributed by atoms with Crippen molar-refractivity contribution in [1.82, 2.24) is 4.98 Å². The Labute approximate surface area is 101 Å². The van der Waals surface area contributed by atoms with Gasteiger partial charge in [0.15, 0.2) is 0 Å². The molecule has 0 bridgehead atoms. The average molecular weight is 239 g/mol. The number of hydrogen-bond donors (Lipinski definition) is 1. The zero-order chi connectivity index (χ0) is 12.0. The fraction of sp³-hybridized carbons (Fsp3) is 0.417. The van der Waals surface area contributed by atoms with Crippen LogP contribution in [0.25, 0.3) is 0 Å². The maximum Gasteiger partial charge on any atom is 0.129 e. The molecule has 1 rings (SSSR count). The van der Waals surface area contributed by atoms with Crippen molar-refractivity contribution in [1.29, 1.82) is 0 Å². The van der Waals surface area contributed by atoms with Crippen molar-refractivity contribution in [2.45, 2.75) is 20.0 Å². The summed E-state index contributed by atoms with van der Waals surface area (Å²) in [6.07, 6.45) is 6.29. The Kier molecular flexibility index (Phi) is 5.10. The number of halogens is 1. The Hall–Kier alpha value is -1.24. The minimum Gasteiger partial charge on any atom is -0.390 e. The Morgan fingerprint density at radius 3 is 2.88 bits per heavy atom. The molecule has 0 atom stereocenters. The van der Waals surface area contributed by atoms with Crippen LogP contribution >= 0.6 is 11.6 Å². The molecule has 1 aromatic heterocycles. The second-order valence-electron chi connectivity index (χ2n) is 3.38. The first kappa shape index (κ1) is 12.8. The molecule has 0 fully saturated rings. The standard InChI is InChI=1S/C12H15ClN2O/c1-3-7-15(8-4-2)12-6-5-10(13)11(9-16)14-12/h1,5-6,16H,4,7-9H2,2H3. The third-order valence-corrected chi connectivity index (χ3v) is 2.50. The third-order valence-electron chi connectivity index (χ3n) is 2.15. The summed E-state index contributed by atoms with van der Waals surface area (Å²) in [6, 6.07) is 3.54. The van der Waals surface area contributed by atoms with Gasteiger partial charge in [0, 0.05) is 6.54 Å². The van der Waals surface area contributed by atoms with Gasteiger partial charge in [0.2, 0.25) is 0 Å². The molecule has 4 heteroatoms. The summed E-state index contributed by atoms with van der Waals surface area (Å²) >= 11 is 5.87. The number of rotatable bonds is 5. The second kappa shape index (κ2) is 6.37. The Bertz CT molecular complexity index is 387. The molecule has 0 spiro atoms. The molecular formula is C12H15ClN2O. The van der Waals surface area contributed by atoms with E-state index in [-0.39, 0.29) is 6.61 Å². The van der Waals surface area contributed by atoms with Gasteiger partial charge in [-0.05, 0) is 18.6 Å². The quantitative estimate of drug-likeness (QED) is 0.798. The lowest BCUT2D eigenvalue weighted by atomic mass is 10.3. The first-order chi connectivity index (χ1) is 7.72. The highest BCUT2D eigenvalue weighted by Gasteiger charge is 2.08. The highest BCUT2D eigenvalue weighted by Crippen LogP contribution is 2.19. The van der Waals surface area contributed by atoms with Crippen LogP contribution in [-0.4, -0.2) is 23.2 Å². The van der Waals surface area contributed by atoms with Gasteiger partial charge in [-0.15, -0.1) is 6.42 Å². The predicted octanol–water partition coefficient (Wildman–Crippen LogP) is 2.08. The lowest BCUT2D eigenvalue weighted by Crippen LogP contribution is -2.25. The van der Waals surface area contributed by atoms with Crippen LogP contribution in [0.2, 0.25) is 5.02 Å². The Morgan fingerprint density at radius 2 is 2.31 bits per heavy atom. The van der Waals surface area contributed by atoms with Gasteiger partial charge in [0.1, 0.15) is 5.82 Å². The van der Waals surface area contributed by atoms with Crippen molar-refractivity contribution in [3.8, 4) is 12.3 Å². The predicted molar refractivity (Wildman–Crippen MR) is 66.5 cm³/mol. The molecule has 0 aliphatic carbocycles. The summed E-state index contributed by atoms with van der Waals surface area (Å²) in [5, 5.41) is 9.55. The number of hydrogen-bond acceptors (Lipinski definition) is 3. The van der Waals surface area contributed by atoms with E-state index in [9.17, 15) is 0 Å². The van der Waals surface area contributed by atoms with E-state index in [1.165, 1.54) is 0 Å². The van der Waals surface area contributed by atoms with Crippen molar-refractivity contribution in [2.75, 3.05) is 18.0 Å². The molecule has 0 amide bonds. The maximum absolute atomic E-state index is 9.08. The molecule has 0 unspecified atom stereocenters. The van der Waals surface area contributed by atoms with Crippen LogP contribution in [0.5, 0.6) is 0 Å². The van der Waals surface area contributed by atoms with Crippen LogP contribution in [0.3, 0.4) is 0 Å². The average Bonchev–Trinajstić information content (AvgIpc) is 2.29. The second-order valence-corrected chi connectivity index (χ2v) is 3.79. The normalized spacial score (nSPS) is 9.88. The van der Waals surface area contributed by atoms with Crippen molar-refractivity contribution >= 4 is 17.4 Å². The van der Waals surface area contributed by atoms with Crippen LogP contribution in [0.15, 0.2) is 12.1 Å². The van der Waals surface area contributed by atoms with Crippen LogP contribution in [0.4, 0.5) is 5.82 Å². The Balaban J connectivity index is 2.96. The van der Waals surface area contributed by atoms with Crippen molar-refractivity contribution in [3.63, 3.8) is 0 Å². The summed E-state index contributed by atoms with van der Waals surface area (Å²) in [5.41, 5.74) is 0.484. The summed E-state index contributed by atoms with van der Waals surface area (Å²) < 4.78 is 0. The summed E-state index contributed by atoms with van der Waals surface area (Å²) in [5.74, 6) is 3.35. The van der Waals surface area contributed by atoms with Crippen LogP contribution in [0, 0.1) is 12.3 Å². The van der Waals surface area contributed by atoms with Gasteiger partial charge < -0.3 is 10.0 Å². The first-order valence-electron chi connectivity index (χ1n) is 5.17. The van der Waals surface area contributed by atoms with Crippen molar-refractivity contribution in [3.05, 3.63) is 22.8 Å².